The van der Waals surface area contributed by atoms with E-state index in [0.29, 0.717) is 16.7 Å². The average molecular weight is 542 g/mol. The molecular formula is C26H22ClF2N5O2S. The molecule has 4 rings (SSSR count). The molecule has 0 saturated heterocycles. The zero-order valence-electron chi connectivity index (χ0n) is 19.9. The maximum Gasteiger partial charge on any atom is 0.256 e. The Labute approximate surface area is 221 Å². The minimum atomic E-state index is -0.732. The summed E-state index contributed by atoms with van der Waals surface area (Å²) in [6, 6.07) is 15.2. The first-order chi connectivity index (χ1) is 17.7. The molecule has 1 heterocycles. The third kappa shape index (κ3) is 6.15. The van der Waals surface area contributed by atoms with Gasteiger partial charge >= 0.3 is 0 Å². The SMILES string of the molecule is Cc1cccc(-n2c(CNC(=O)c3c(F)cccc3Cl)nnc2SCC(=O)Nc2ccc(F)cc2)c1C. The van der Waals surface area contributed by atoms with E-state index in [2.05, 4.69) is 20.8 Å². The van der Waals surface area contributed by atoms with E-state index in [4.69, 9.17) is 11.6 Å². The van der Waals surface area contributed by atoms with E-state index >= 15 is 0 Å². The fourth-order valence-electron chi connectivity index (χ4n) is 3.55. The van der Waals surface area contributed by atoms with Gasteiger partial charge in [-0.3, -0.25) is 14.2 Å². The quantitative estimate of drug-likeness (QED) is 0.288. The highest BCUT2D eigenvalue weighted by molar-refractivity contribution is 7.99. The van der Waals surface area contributed by atoms with Crippen molar-refractivity contribution in [3.8, 4) is 5.69 Å². The summed E-state index contributed by atoms with van der Waals surface area (Å²) in [6.07, 6.45) is 0. The molecular weight excluding hydrogens is 520 g/mol. The Balaban J connectivity index is 1.56. The van der Waals surface area contributed by atoms with Crippen molar-refractivity contribution in [2.45, 2.75) is 25.5 Å². The molecule has 0 fully saturated rings. The van der Waals surface area contributed by atoms with Crippen LogP contribution in [-0.4, -0.2) is 32.3 Å². The van der Waals surface area contributed by atoms with Crippen LogP contribution in [0.4, 0.5) is 14.5 Å². The van der Waals surface area contributed by atoms with Gasteiger partial charge in [-0.2, -0.15) is 0 Å². The lowest BCUT2D eigenvalue weighted by Gasteiger charge is -2.15. The van der Waals surface area contributed by atoms with Crippen LogP contribution in [0.15, 0.2) is 65.8 Å². The number of aromatic nitrogens is 3. The molecule has 37 heavy (non-hydrogen) atoms. The second-order valence-corrected chi connectivity index (χ2v) is 9.43. The zero-order valence-corrected chi connectivity index (χ0v) is 21.5. The Bertz CT molecular complexity index is 1440. The Morgan fingerprint density at radius 3 is 2.46 bits per heavy atom. The number of benzene rings is 3. The number of nitrogens with zero attached hydrogens (tertiary/aromatic N) is 3. The van der Waals surface area contributed by atoms with Crippen LogP contribution in [0, 0.1) is 25.5 Å². The molecule has 0 saturated carbocycles. The van der Waals surface area contributed by atoms with E-state index in [1.807, 2.05) is 32.0 Å². The molecule has 4 aromatic rings. The molecule has 7 nitrogen and oxygen atoms in total. The molecule has 0 aliphatic heterocycles. The summed E-state index contributed by atoms with van der Waals surface area (Å²) < 4.78 is 29.1. The summed E-state index contributed by atoms with van der Waals surface area (Å²) in [5.74, 6) is -1.73. The summed E-state index contributed by atoms with van der Waals surface area (Å²) in [5.41, 5.74) is 2.99. The van der Waals surface area contributed by atoms with Crippen LogP contribution in [0.2, 0.25) is 5.02 Å². The zero-order chi connectivity index (χ0) is 26.5. The molecule has 3 aromatic carbocycles. The van der Waals surface area contributed by atoms with E-state index in [1.165, 1.54) is 36.4 Å². The number of amides is 2. The van der Waals surface area contributed by atoms with Crippen molar-refractivity contribution in [1.29, 1.82) is 0 Å². The molecule has 2 N–H and O–H groups in total. The lowest BCUT2D eigenvalue weighted by molar-refractivity contribution is -0.113. The van der Waals surface area contributed by atoms with E-state index in [-0.39, 0.29) is 28.8 Å². The smallest absolute Gasteiger partial charge is 0.256 e. The van der Waals surface area contributed by atoms with Gasteiger partial charge in [0, 0.05) is 5.69 Å². The summed E-state index contributed by atoms with van der Waals surface area (Å²) in [4.78, 5) is 25.2. The van der Waals surface area contributed by atoms with E-state index < -0.39 is 17.5 Å². The number of halogens is 3. The van der Waals surface area contributed by atoms with Gasteiger partial charge in [0.05, 0.1) is 28.6 Å². The third-order valence-corrected chi connectivity index (χ3v) is 6.82. The highest BCUT2D eigenvalue weighted by Crippen LogP contribution is 2.26. The first-order valence-corrected chi connectivity index (χ1v) is 12.5. The first kappa shape index (κ1) is 26.3. The number of carbonyl (C=O) groups is 2. The Kier molecular flexibility index (Phi) is 8.20. The summed E-state index contributed by atoms with van der Waals surface area (Å²) in [7, 11) is 0. The first-order valence-electron chi connectivity index (χ1n) is 11.2. The van der Waals surface area contributed by atoms with Crippen molar-refractivity contribution in [3.05, 3.63) is 99.8 Å². The molecule has 0 bridgehead atoms. The van der Waals surface area contributed by atoms with Crippen LogP contribution in [-0.2, 0) is 11.3 Å². The van der Waals surface area contributed by atoms with Gasteiger partial charge < -0.3 is 10.6 Å². The normalized spacial score (nSPS) is 10.8. The van der Waals surface area contributed by atoms with Gasteiger partial charge in [-0.25, -0.2) is 8.78 Å². The molecule has 190 valence electrons. The minimum absolute atomic E-state index is 0.00286. The Hall–Kier alpha value is -3.76. The monoisotopic (exact) mass is 541 g/mol. The summed E-state index contributed by atoms with van der Waals surface area (Å²) in [5, 5.41) is 14.2. The predicted molar refractivity (Wildman–Crippen MR) is 139 cm³/mol. The van der Waals surface area contributed by atoms with Crippen molar-refractivity contribution < 1.29 is 18.4 Å². The number of carbonyl (C=O) groups excluding carboxylic acids is 2. The van der Waals surface area contributed by atoms with Crippen LogP contribution < -0.4 is 10.6 Å². The van der Waals surface area contributed by atoms with Crippen molar-refractivity contribution in [1.82, 2.24) is 20.1 Å². The number of rotatable bonds is 8. The van der Waals surface area contributed by atoms with Gasteiger partial charge in [0.2, 0.25) is 5.91 Å². The standard InChI is InChI=1S/C26H22ClF2N5O2S/c1-15-5-3-8-21(16(15)2)34-22(13-30-25(36)24-19(27)6-4-7-20(24)29)32-33-26(34)37-14-23(35)31-18-11-9-17(28)10-12-18/h3-12H,13-14H2,1-2H3,(H,30,36)(H,31,35). The summed E-state index contributed by atoms with van der Waals surface area (Å²) >= 11 is 7.17. The maximum atomic E-state index is 14.2. The van der Waals surface area contributed by atoms with Crippen LogP contribution in [0.5, 0.6) is 0 Å². The molecule has 0 unspecified atom stereocenters. The van der Waals surface area contributed by atoms with Crippen LogP contribution in [0.25, 0.3) is 5.69 Å². The highest BCUT2D eigenvalue weighted by atomic mass is 35.5. The molecule has 0 radical (unpaired) electrons. The third-order valence-electron chi connectivity index (χ3n) is 5.57. The lowest BCUT2D eigenvalue weighted by Crippen LogP contribution is -2.26. The number of aryl methyl sites for hydroxylation is 1. The molecule has 0 aliphatic carbocycles. The van der Waals surface area contributed by atoms with Gasteiger partial charge in [0.1, 0.15) is 11.6 Å². The van der Waals surface area contributed by atoms with Gasteiger partial charge in [0.15, 0.2) is 11.0 Å². The maximum absolute atomic E-state index is 14.2. The molecule has 0 atom stereocenters. The van der Waals surface area contributed by atoms with Gasteiger partial charge in [-0.1, -0.05) is 41.6 Å². The predicted octanol–water partition coefficient (Wildman–Crippen LogP) is 5.48. The number of anilines is 1. The largest absolute Gasteiger partial charge is 0.345 e. The topological polar surface area (TPSA) is 88.9 Å². The van der Waals surface area contributed by atoms with Crippen molar-refractivity contribution in [3.63, 3.8) is 0 Å². The van der Waals surface area contributed by atoms with E-state index in [0.717, 1.165) is 34.6 Å². The van der Waals surface area contributed by atoms with Gasteiger partial charge in [0.25, 0.3) is 5.91 Å². The van der Waals surface area contributed by atoms with Crippen LogP contribution in [0.1, 0.15) is 27.3 Å². The number of hydrogen-bond donors (Lipinski definition) is 2. The highest BCUT2D eigenvalue weighted by Gasteiger charge is 2.20. The van der Waals surface area contributed by atoms with Gasteiger partial charge in [-0.05, 0) is 67.4 Å². The fourth-order valence-corrected chi connectivity index (χ4v) is 4.56. The molecule has 2 amide bonds. The minimum Gasteiger partial charge on any atom is -0.345 e. The van der Waals surface area contributed by atoms with Crippen molar-refractivity contribution in [2.75, 3.05) is 11.1 Å². The Morgan fingerprint density at radius 2 is 1.73 bits per heavy atom. The van der Waals surface area contributed by atoms with Gasteiger partial charge in [-0.15, -0.1) is 10.2 Å². The average Bonchev–Trinajstić information content (AvgIpc) is 3.27. The number of nitrogens with one attached hydrogen (secondary N) is 2. The van der Waals surface area contributed by atoms with Crippen LogP contribution in [0.3, 0.4) is 0 Å². The number of hydrogen-bond acceptors (Lipinski definition) is 5. The Morgan fingerprint density at radius 1 is 1.00 bits per heavy atom. The summed E-state index contributed by atoms with van der Waals surface area (Å²) in [6.45, 7) is 3.85. The molecule has 0 aliphatic rings. The molecule has 11 heteroatoms. The second-order valence-electron chi connectivity index (χ2n) is 8.08. The fraction of sp³-hybridized carbons (Fsp3) is 0.154. The number of thioether (sulfide) groups is 1. The van der Waals surface area contributed by atoms with Crippen molar-refractivity contribution in [2.24, 2.45) is 0 Å². The van der Waals surface area contributed by atoms with Crippen molar-refractivity contribution >= 4 is 40.9 Å². The molecule has 0 spiro atoms. The lowest BCUT2D eigenvalue weighted by atomic mass is 10.1. The van der Waals surface area contributed by atoms with E-state index in [1.54, 1.807) is 4.57 Å². The van der Waals surface area contributed by atoms with Crippen LogP contribution >= 0.6 is 23.4 Å². The second kappa shape index (κ2) is 11.5. The molecule has 1 aromatic heterocycles. The van der Waals surface area contributed by atoms with E-state index in [9.17, 15) is 18.4 Å².